The Balaban J connectivity index is 2.08. The molecular weight excluding hydrogens is 234 g/mol. The van der Waals surface area contributed by atoms with Crippen molar-refractivity contribution in [1.82, 2.24) is 4.98 Å². The van der Waals surface area contributed by atoms with E-state index in [0.717, 1.165) is 13.0 Å². The number of carbonyl (C=O) groups excluding carboxylic acids is 1. The maximum atomic E-state index is 11.5. The average Bonchev–Trinajstić information content (AvgIpc) is 2.95. The molecule has 100 valence electrons. The molecule has 0 amide bonds. The summed E-state index contributed by atoms with van der Waals surface area (Å²) in [4.78, 5) is 17.7. The molecule has 18 heavy (non-hydrogen) atoms. The third-order valence-electron chi connectivity index (χ3n) is 3.22. The van der Waals surface area contributed by atoms with Gasteiger partial charge < -0.3 is 19.8 Å². The Morgan fingerprint density at radius 2 is 2.50 bits per heavy atom. The van der Waals surface area contributed by atoms with E-state index in [1.54, 1.807) is 6.92 Å². The van der Waals surface area contributed by atoms with Crippen LogP contribution in [0.1, 0.15) is 30.8 Å². The molecule has 0 aliphatic carbocycles. The highest BCUT2D eigenvalue weighted by Gasteiger charge is 2.31. The molecule has 1 aromatic rings. The third kappa shape index (κ3) is 2.48. The number of aromatic nitrogens is 1. The van der Waals surface area contributed by atoms with Crippen LogP contribution in [0.2, 0.25) is 0 Å². The van der Waals surface area contributed by atoms with Crippen molar-refractivity contribution in [2.24, 2.45) is 11.7 Å². The largest absolute Gasteiger partial charge is 0.461 e. The van der Waals surface area contributed by atoms with Crippen molar-refractivity contribution in [3.63, 3.8) is 0 Å². The molecule has 6 nitrogen and oxygen atoms in total. The Morgan fingerprint density at radius 1 is 1.72 bits per heavy atom. The quantitative estimate of drug-likeness (QED) is 0.807. The number of ether oxygens (including phenoxy) is 1. The molecule has 0 spiro atoms. The van der Waals surface area contributed by atoms with Gasteiger partial charge in [0, 0.05) is 12.6 Å². The molecule has 2 unspecified atom stereocenters. The molecule has 2 heterocycles. The highest BCUT2D eigenvalue weighted by molar-refractivity contribution is 5.87. The average molecular weight is 253 g/mol. The van der Waals surface area contributed by atoms with E-state index >= 15 is 0 Å². The Labute approximate surface area is 106 Å². The number of rotatable bonds is 4. The van der Waals surface area contributed by atoms with Crippen LogP contribution in [-0.4, -0.2) is 36.7 Å². The van der Waals surface area contributed by atoms with E-state index in [9.17, 15) is 4.79 Å². The zero-order chi connectivity index (χ0) is 13.1. The molecule has 6 heteroatoms. The summed E-state index contributed by atoms with van der Waals surface area (Å²) in [6.45, 7) is 5.67. The summed E-state index contributed by atoms with van der Waals surface area (Å²) in [5.74, 6) is 0.00710. The van der Waals surface area contributed by atoms with E-state index in [2.05, 4.69) is 11.9 Å². The van der Waals surface area contributed by atoms with Crippen molar-refractivity contribution in [3.05, 3.63) is 12.0 Å². The number of oxazole rings is 1. The Hall–Kier alpha value is -1.56. The smallest absolute Gasteiger partial charge is 0.360 e. The monoisotopic (exact) mass is 253 g/mol. The topological polar surface area (TPSA) is 81.6 Å². The number of esters is 1. The van der Waals surface area contributed by atoms with Crippen LogP contribution in [0.25, 0.3) is 0 Å². The lowest BCUT2D eigenvalue weighted by Gasteiger charge is -2.18. The molecule has 1 aromatic heterocycles. The van der Waals surface area contributed by atoms with Crippen molar-refractivity contribution < 1.29 is 13.9 Å². The summed E-state index contributed by atoms with van der Waals surface area (Å²) < 4.78 is 10.2. The van der Waals surface area contributed by atoms with Crippen LogP contribution >= 0.6 is 0 Å². The second-order valence-electron chi connectivity index (χ2n) is 4.57. The van der Waals surface area contributed by atoms with Crippen LogP contribution in [0.15, 0.2) is 10.7 Å². The minimum absolute atomic E-state index is 0.218. The highest BCUT2D eigenvalue weighted by Crippen LogP contribution is 2.27. The predicted octanol–water partition coefficient (Wildman–Crippen LogP) is 1.02. The number of carbonyl (C=O) groups is 1. The van der Waals surface area contributed by atoms with Crippen molar-refractivity contribution >= 4 is 12.0 Å². The lowest BCUT2D eigenvalue weighted by Crippen LogP contribution is -2.27. The summed E-state index contributed by atoms with van der Waals surface area (Å²) in [5.41, 5.74) is 5.90. The summed E-state index contributed by atoms with van der Waals surface area (Å²) in [6, 6.07) is 0.800. The van der Waals surface area contributed by atoms with Gasteiger partial charge in [-0.25, -0.2) is 4.79 Å². The van der Waals surface area contributed by atoms with Gasteiger partial charge in [-0.05, 0) is 32.7 Å². The second kappa shape index (κ2) is 5.39. The van der Waals surface area contributed by atoms with Crippen LogP contribution in [0.5, 0.6) is 0 Å². The molecular formula is C12H19N3O3. The van der Waals surface area contributed by atoms with Gasteiger partial charge in [0.2, 0.25) is 0 Å². The molecule has 2 N–H and O–H groups in total. The Morgan fingerprint density at radius 3 is 3.11 bits per heavy atom. The minimum atomic E-state index is -0.449. The minimum Gasteiger partial charge on any atom is -0.461 e. The highest BCUT2D eigenvalue weighted by atomic mass is 16.5. The normalized spacial score (nSPS) is 23.4. The van der Waals surface area contributed by atoms with Gasteiger partial charge in [0.15, 0.2) is 5.69 Å². The first-order valence-corrected chi connectivity index (χ1v) is 6.25. The van der Waals surface area contributed by atoms with E-state index in [1.165, 1.54) is 6.26 Å². The zero-order valence-electron chi connectivity index (χ0n) is 10.8. The number of hydrogen-bond acceptors (Lipinski definition) is 6. The lowest BCUT2D eigenvalue weighted by molar-refractivity contribution is 0.0519. The summed E-state index contributed by atoms with van der Waals surface area (Å²) >= 11 is 0. The van der Waals surface area contributed by atoms with E-state index in [0.29, 0.717) is 31.1 Å². The van der Waals surface area contributed by atoms with Crippen LogP contribution in [0, 0.1) is 5.92 Å². The van der Waals surface area contributed by atoms with Gasteiger partial charge in [0.25, 0.3) is 6.01 Å². The van der Waals surface area contributed by atoms with Gasteiger partial charge in [-0.1, -0.05) is 0 Å². The van der Waals surface area contributed by atoms with E-state index in [-0.39, 0.29) is 5.69 Å². The van der Waals surface area contributed by atoms with Gasteiger partial charge in [-0.3, -0.25) is 0 Å². The van der Waals surface area contributed by atoms with Crippen LogP contribution < -0.4 is 10.6 Å². The first kappa shape index (κ1) is 12.9. The molecule has 0 saturated carbocycles. The first-order chi connectivity index (χ1) is 8.65. The second-order valence-corrected chi connectivity index (χ2v) is 4.57. The maximum Gasteiger partial charge on any atom is 0.360 e. The number of nitrogens with two attached hydrogens (primary N) is 1. The Bertz CT molecular complexity index is 418. The van der Waals surface area contributed by atoms with E-state index < -0.39 is 5.97 Å². The number of nitrogens with zero attached hydrogens (tertiary/aromatic N) is 2. The zero-order valence-corrected chi connectivity index (χ0v) is 10.8. The molecule has 1 aliphatic heterocycles. The first-order valence-electron chi connectivity index (χ1n) is 6.25. The van der Waals surface area contributed by atoms with Crippen LogP contribution in [0.3, 0.4) is 0 Å². The fourth-order valence-corrected chi connectivity index (χ4v) is 2.27. The molecule has 2 rings (SSSR count). The number of anilines is 1. The maximum absolute atomic E-state index is 11.5. The summed E-state index contributed by atoms with van der Waals surface area (Å²) in [7, 11) is 0. The fraction of sp³-hybridized carbons (Fsp3) is 0.667. The SMILES string of the molecule is CCOC(=O)c1coc(N2CC(CN)CC2C)n1. The van der Waals surface area contributed by atoms with Gasteiger partial charge in [-0.15, -0.1) is 0 Å². The fourth-order valence-electron chi connectivity index (χ4n) is 2.27. The van der Waals surface area contributed by atoms with Gasteiger partial charge in [0.1, 0.15) is 6.26 Å². The molecule has 1 aliphatic rings. The molecule has 0 aromatic carbocycles. The Kier molecular flexibility index (Phi) is 3.86. The summed E-state index contributed by atoms with van der Waals surface area (Å²) in [6.07, 6.45) is 2.36. The molecule has 0 radical (unpaired) electrons. The lowest BCUT2D eigenvalue weighted by atomic mass is 10.1. The molecule has 0 bridgehead atoms. The van der Waals surface area contributed by atoms with Crippen molar-refractivity contribution in [3.8, 4) is 0 Å². The van der Waals surface area contributed by atoms with Gasteiger partial charge in [0.05, 0.1) is 6.61 Å². The van der Waals surface area contributed by atoms with Gasteiger partial charge >= 0.3 is 5.97 Å². The van der Waals surface area contributed by atoms with E-state index in [4.69, 9.17) is 14.9 Å². The molecule has 1 fully saturated rings. The van der Waals surface area contributed by atoms with Crippen LogP contribution in [0.4, 0.5) is 6.01 Å². The van der Waals surface area contributed by atoms with E-state index in [1.807, 2.05) is 4.90 Å². The third-order valence-corrected chi connectivity index (χ3v) is 3.22. The summed E-state index contributed by atoms with van der Waals surface area (Å²) in [5, 5.41) is 0. The predicted molar refractivity (Wildman–Crippen MR) is 66.4 cm³/mol. The van der Waals surface area contributed by atoms with Crippen LogP contribution in [-0.2, 0) is 4.74 Å². The standard InChI is InChI=1S/C12H19N3O3/c1-3-17-11(16)10-7-18-12(14-10)15-6-9(5-13)4-8(15)2/h7-9H,3-6,13H2,1-2H3. The molecule has 1 saturated heterocycles. The van der Waals surface area contributed by atoms with Crippen molar-refractivity contribution in [2.75, 3.05) is 24.6 Å². The van der Waals surface area contributed by atoms with Gasteiger partial charge in [-0.2, -0.15) is 4.98 Å². The number of hydrogen-bond donors (Lipinski definition) is 1. The van der Waals surface area contributed by atoms with Crippen molar-refractivity contribution in [1.29, 1.82) is 0 Å². The molecule has 2 atom stereocenters. The van der Waals surface area contributed by atoms with Crippen molar-refractivity contribution in [2.45, 2.75) is 26.3 Å².